The van der Waals surface area contributed by atoms with E-state index in [1.165, 1.54) is 6.92 Å². The van der Waals surface area contributed by atoms with Gasteiger partial charge in [0.15, 0.2) is 0 Å². The van der Waals surface area contributed by atoms with Crippen LogP contribution in [0.4, 0.5) is 0 Å². The van der Waals surface area contributed by atoms with Gasteiger partial charge in [0, 0.05) is 13.0 Å². The molecule has 0 amide bonds. The number of likely N-dealkylation sites (N-methyl/N-ethyl adjacent to an activating group) is 1. The molecule has 0 aromatic heterocycles. The van der Waals surface area contributed by atoms with Crippen LogP contribution in [0.3, 0.4) is 0 Å². The minimum Gasteiger partial charge on any atom is -0.464 e. The van der Waals surface area contributed by atoms with Crippen LogP contribution in [0.2, 0.25) is 0 Å². The van der Waals surface area contributed by atoms with Crippen molar-refractivity contribution in [3.05, 3.63) is 0 Å². The van der Waals surface area contributed by atoms with Crippen molar-refractivity contribution in [1.82, 2.24) is 4.90 Å². The number of rotatable bonds is 6. The fourth-order valence-corrected chi connectivity index (χ4v) is 1.44. The number of nitrogens with zero attached hydrogens (tertiary/aromatic N) is 1. The smallest absolute Gasteiger partial charge is 0.302 e. The summed E-state index contributed by atoms with van der Waals surface area (Å²) in [5, 5.41) is 0. The molecule has 0 aromatic carbocycles. The first-order valence-corrected chi connectivity index (χ1v) is 5.03. The summed E-state index contributed by atoms with van der Waals surface area (Å²) in [7, 11) is 0. The summed E-state index contributed by atoms with van der Waals surface area (Å²) in [6.07, 6.45) is 1.02. The molecule has 0 saturated heterocycles. The third-order valence-electron chi connectivity index (χ3n) is 2.28. The highest BCUT2D eigenvalue weighted by Gasteiger charge is 2.14. The summed E-state index contributed by atoms with van der Waals surface area (Å²) in [6, 6.07) is 0.374. The Labute approximate surface area is 81.1 Å². The van der Waals surface area contributed by atoms with E-state index < -0.39 is 0 Å². The first-order chi connectivity index (χ1) is 6.15. The molecule has 0 heterocycles. The van der Waals surface area contributed by atoms with E-state index in [-0.39, 0.29) is 5.97 Å². The molecule has 0 aromatic rings. The number of esters is 1. The van der Waals surface area contributed by atoms with Gasteiger partial charge in [0.25, 0.3) is 0 Å². The van der Waals surface area contributed by atoms with Crippen molar-refractivity contribution in [2.45, 2.75) is 40.2 Å². The molecule has 3 nitrogen and oxygen atoms in total. The highest BCUT2D eigenvalue weighted by atomic mass is 16.5. The van der Waals surface area contributed by atoms with Crippen LogP contribution in [-0.4, -0.2) is 36.6 Å². The monoisotopic (exact) mass is 187 g/mol. The Morgan fingerprint density at radius 3 is 2.15 bits per heavy atom. The van der Waals surface area contributed by atoms with Gasteiger partial charge in [0.05, 0.1) is 0 Å². The number of ether oxygens (including phenoxy) is 1. The van der Waals surface area contributed by atoms with E-state index in [4.69, 9.17) is 4.74 Å². The van der Waals surface area contributed by atoms with Crippen molar-refractivity contribution < 1.29 is 9.53 Å². The predicted octanol–water partition coefficient (Wildman–Crippen LogP) is 1.67. The minimum atomic E-state index is -0.189. The third kappa shape index (κ3) is 4.88. The van der Waals surface area contributed by atoms with E-state index in [1.54, 1.807) is 0 Å². The van der Waals surface area contributed by atoms with E-state index in [0.29, 0.717) is 12.6 Å². The maximum absolute atomic E-state index is 10.6. The Hall–Kier alpha value is -0.570. The van der Waals surface area contributed by atoms with Gasteiger partial charge in [-0.3, -0.25) is 9.69 Å². The molecule has 0 rings (SSSR count). The van der Waals surface area contributed by atoms with Gasteiger partial charge in [-0.25, -0.2) is 0 Å². The van der Waals surface area contributed by atoms with Crippen molar-refractivity contribution in [2.24, 2.45) is 0 Å². The standard InChI is InChI=1S/C10H21NO2/c1-5-10(8-13-9(4)12)11(6-2)7-3/h10H,5-8H2,1-4H3. The summed E-state index contributed by atoms with van der Waals surface area (Å²) in [4.78, 5) is 12.9. The second-order valence-electron chi connectivity index (χ2n) is 3.09. The summed E-state index contributed by atoms with van der Waals surface area (Å²) in [5.41, 5.74) is 0. The van der Waals surface area contributed by atoms with Crippen LogP contribution in [0.25, 0.3) is 0 Å². The number of carbonyl (C=O) groups excluding carboxylic acids is 1. The summed E-state index contributed by atoms with van der Waals surface area (Å²) >= 11 is 0. The van der Waals surface area contributed by atoms with Crippen LogP contribution < -0.4 is 0 Å². The van der Waals surface area contributed by atoms with E-state index in [2.05, 4.69) is 25.7 Å². The number of carbonyl (C=O) groups is 1. The molecule has 3 heteroatoms. The number of hydrogen-bond donors (Lipinski definition) is 0. The van der Waals surface area contributed by atoms with Crippen molar-refractivity contribution in [3.63, 3.8) is 0 Å². The van der Waals surface area contributed by atoms with Crippen molar-refractivity contribution in [1.29, 1.82) is 0 Å². The Morgan fingerprint density at radius 2 is 1.85 bits per heavy atom. The lowest BCUT2D eigenvalue weighted by Crippen LogP contribution is -2.38. The van der Waals surface area contributed by atoms with Crippen LogP contribution in [0.15, 0.2) is 0 Å². The van der Waals surface area contributed by atoms with Gasteiger partial charge in [-0.2, -0.15) is 0 Å². The fraction of sp³-hybridized carbons (Fsp3) is 0.900. The second-order valence-corrected chi connectivity index (χ2v) is 3.09. The highest BCUT2D eigenvalue weighted by molar-refractivity contribution is 5.65. The first kappa shape index (κ1) is 12.4. The van der Waals surface area contributed by atoms with Crippen molar-refractivity contribution in [3.8, 4) is 0 Å². The van der Waals surface area contributed by atoms with Gasteiger partial charge in [-0.05, 0) is 19.5 Å². The average Bonchev–Trinajstić information content (AvgIpc) is 2.11. The number of hydrogen-bond acceptors (Lipinski definition) is 3. The Bertz CT molecular complexity index is 144. The maximum Gasteiger partial charge on any atom is 0.302 e. The first-order valence-electron chi connectivity index (χ1n) is 5.03. The average molecular weight is 187 g/mol. The zero-order valence-corrected chi connectivity index (χ0v) is 9.17. The molecular weight excluding hydrogens is 166 g/mol. The third-order valence-corrected chi connectivity index (χ3v) is 2.28. The minimum absolute atomic E-state index is 0.189. The van der Waals surface area contributed by atoms with Gasteiger partial charge in [0.2, 0.25) is 0 Å². The molecule has 0 N–H and O–H groups in total. The highest BCUT2D eigenvalue weighted by Crippen LogP contribution is 2.04. The van der Waals surface area contributed by atoms with Crippen LogP contribution in [0.1, 0.15) is 34.1 Å². The lowest BCUT2D eigenvalue weighted by Gasteiger charge is -2.27. The van der Waals surface area contributed by atoms with Crippen molar-refractivity contribution >= 4 is 5.97 Å². The molecule has 1 unspecified atom stereocenters. The molecule has 1 atom stereocenters. The zero-order valence-electron chi connectivity index (χ0n) is 9.17. The second kappa shape index (κ2) is 6.89. The van der Waals surface area contributed by atoms with Gasteiger partial charge >= 0.3 is 5.97 Å². The molecule has 13 heavy (non-hydrogen) atoms. The van der Waals surface area contributed by atoms with Gasteiger partial charge in [-0.1, -0.05) is 20.8 Å². The molecule has 0 fully saturated rings. The van der Waals surface area contributed by atoms with E-state index in [0.717, 1.165) is 19.5 Å². The summed E-state index contributed by atoms with van der Waals surface area (Å²) < 4.78 is 5.00. The Morgan fingerprint density at radius 1 is 1.31 bits per heavy atom. The van der Waals surface area contributed by atoms with Gasteiger partial charge in [-0.15, -0.1) is 0 Å². The molecule has 0 aliphatic rings. The lowest BCUT2D eigenvalue weighted by molar-refractivity contribution is -0.142. The van der Waals surface area contributed by atoms with Crippen molar-refractivity contribution in [2.75, 3.05) is 19.7 Å². The maximum atomic E-state index is 10.6. The van der Waals surface area contributed by atoms with E-state index >= 15 is 0 Å². The van der Waals surface area contributed by atoms with Crippen LogP contribution in [-0.2, 0) is 9.53 Å². The molecule has 0 aliphatic heterocycles. The summed E-state index contributed by atoms with van der Waals surface area (Å²) in [6.45, 7) is 10.4. The van der Waals surface area contributed by atoms with E-state index in [9.17, 15) is 4.79 Å². The molecule has 0 spiro atoms. The SMILES string of the molecule is CCC(COC(C)=O)N(CC)CC. The van der Waals surface area contributed by atoms with Crippen LogP contribution in [0.5, 0.6) is 0 Å². The Kier molecular flexibility index (Phi) is 6.59. The van der Waals surface area contributed by atoms with Crippen LogP contribution in [0, 0.1) is 0 Å². The molecule has 0 radical (unpaired) electrons. The normalized spacial score (nSPS) is 13.0. The topological polar surface area (TPSA) is 29.5 Å². The fourth-order valence-electron chi connectivity index (χ4n) is 1.44. The molecule has 0 aliphatic carbocycles. The Balaban J connectivity index is 3.92. The molecule has 78 valence electrons. The quantitative estimate of drug-likeness (QED) is 0.592. The predicted molar refractivity (Wildman–Crippen MR) is 53.6 cm³/mol. The summed E-state index contributed by atoms with van der Waals surface area (Å²) in [5.74, 6) is -0.189. The molecular formula is C10H21NO2. The molecule has 0 bridgehead atoms. The lowest BCUT2D eigenvalue weighted by atomic mass is 10.2. The largest absolute Gasteiger partial charge is 0.464 e. The van der Waals surface area contributed by atoms with E-state index in [1.807, 2.05) is 0 Å². The van der Waals surface area contributed by atoms with Crippen LogP contribution >= 0.6 is 0 Å². The molecule has 0 saturated carbocycles. The van der Waals surface area contributed by atoms with Gasteiger partial charge in [0.1, 0.15) is 6.61 Å². The zero-order chi connectivity index (χ0) is 10.3. The van der Waals surface area contributed by atoms with Gasteiger partial charge < -0.3 is 4.74 Å².